The zero-order chi connectivity index (χ0) is 15.0. The van der Waals surface area contributed by atoms with Crippen molar-refractivity contribution in [3.8, 4) is 28.1 Å². The van der Waals surface area contributed by atoms with Gasteiger partial charge in [0.2, 0.25) is 0 Å². The van der Waals surface area contributed by atoms with Crippen LogP contribution in [0.5, 0.6) is 5.75 Å². The summed E-state index contributed by atoms with van der Waals surface area (Å²) in [6.07, 6.45) is 0. The number of halogens is 2. The van der Waals surface area contributed by atoms with Crippen molar-refractivity contribution >= 4 is 49.0 Å². The van der Waals surface area contributed by atoms with Gasteiger partial charge in [0, 0.05) is 5.56 Å². The highest BCUT2D eigenvalue weighted by Gasteiger charge is 2.18. The number of nitrogen functional groups attached to an aromatic ring is 1. The second kappa shape index (κ2) is 5.82. The summed E-state index contributed by atoms with van der Waals surface area (Å²) in [5.41, 5.74) is 9.80. The number of hydrogen-bond donors (Lipinski definition) is 2. The number of aromatic nitrogens is 2. The van der Waals surface area contributed by atoms with E-state index >= 15 is 0 Å². The number of thiophene rings is 1. The first-order chi connectivity index (χ1) is 10.1. The van der Waals surface area contributed by atoms with Crippen LogP contribution in [-0.2, 0) is 0 Å². The van der Waals surface area contributed by atoms with Gasteiger partial charge in [-0.25, -0.2) is 0 Å². The van der Waals surface area contributed by atoms with E-state index in [2.05, 4.69) is 42.1 Å². The molecule has 0 bridgehead atoms. The molecule has 21 heavy (non-hydrogen) atoms. The quantitative estimate of drug-likeness (QED) is 0.622. The fraction of sp³-hybridized carbons (Fsp3) is 0.0714. The Morgan fingerprint density at radius 2 is 2.10 bits per heavy atom. The van der Waals surface area contributed by atoms with Gasteiger partial charge in [-0.05, 0) is 55.6 Å². The minimum atomic E-state index is 0.465. The number of nitrogens with zero attached hydrogens (tertiary/aromatic N) is 1. The molecule has 0 saturated heterocycles. The lowest BCUT2D eigenvalue weighted by molar-refractivity contribution is 0.415. The summed E-state index contributed by atoms with van der Waals surface area (Å²) in [5, 5.41) is 7.18. The lowest BCUT2D eigenvalue weighted by Gasteiger charge is -2.06. The number of methoxy groups -OCH3 is 1. The van der Waals surface area contributed by atoms with E-state index in [4.69, 9.17) is 10.5 Å². The predicted molar refractivity (Wildman–Crippen MR) is 93.7 cm³/mol. The summed E-state index contributed by atoms with van der Waals surface area (Å²) in [4.78, 5) is 0. The summed E-state index contributed by atoms with van der Waals surface area (Å²) >= 11 is 8.67. The van der Waals surface area contributed by atoms with E-state index in [1.807, 2.05) is 30.3 Å². The van der Waals surface area contributed by atoms with E-state index < -0.39 is 0 Å². The van der Waals surface area contributed by atoms with Crippen molar-refractivity contribution in [2.45, 2.75) is 0 Å². The average molecular weight is 429 g/mol. The molecule has 0 unspecified atom stereocenters. The Morgan fingerprint density at radius 3 is 2.76 bits per heavy atom. The van der Waals surface area contributed by atoms with Crippen LogP contribution in [0.3, 0.4) is 0 Å². The van der Waals surface area contributed by atoms with Crippen molar-refractivity contribution in [1.29, 1.82) is 0 Å². The zero-order valence-electron chi connectivity index (χ0n) is 11.0. The third kappa shape index (κ3) is 2.73. The lowest BCUT2D eigenvalue weighted by Crippen LogP contribution is -1.90. The monoisotopic (exact) mass is 427 g/mol. The number of hydrogen-bond acceptors (Lipinski definition) is 4. The normalized spacial score (nSPS) is 10.8. The van der Waals surface area contributed by atoms with Crippen LogP contribution in [0, 0.1) is 0 Å². The number of H-pyrrole nitrogens is 1. The van der Waals surface area contributed by atoms with Crippen molar-refractivity contribution in [2.24, 2.45) is 0 Å². The van der Waals surface area contributed by atoms with E-state index in [9.17, 15) is 0 Å². The van der Waals surface area contributed by atoms with Crippen LogP contribution in [0.4, 0.5) is 5.82 Å². The van der Waals surface area contributed by atoms with Crippen LogP contribution in [0.15, 0.2) is 37.9 Å². The van der Waals surface area contributed by atoms with Crippen molar-refractivity contribution in [1.82, 2.24) is 10.2 Å². The van der Waals surface area contributed by atoms with Crippen LogP contribution < -0.4 is 10.5 Å². The Balaban J connectivity index is 2.19. The van der Waals surface area contributed by atoms with E-state index in [1.54, 1.807) is 18.4 Å². The van der Waals surface area contributed by atoms with Gasteiger partial charge in [-0.3, -0.25) is 5.10 Å². The molecular formula is C14H11Br2N3OS. The number of rotatable bonds is 3. The summed E-state index contributed by atoms with van der Waals surface area (Å²) in [6, 6.07) is 9.80. The highest BCUT2D eigenvalue weighted by Crippen LogP contribution is 2.43. The van der Waals surface area contributed by atoms with Crippen LogP contribution in [0.2, 0.25) is 0 Å². The summed E-state index contributed by atoms with van der Waals surface area (Å²) in [5.74, 6) is 1.25. The van der Waals surface area contributed by atoms with Gasteiger partial charge in [0.05, 0.1) is 25.9 Å². The Hall–Kier alpha value is -1.31. The molecule has 3 rings (SSSR count). The van der Waals surface area contributed by atoms with Gasteiger partial charge in [0.15, 0.2) is 5.82 Å². The van der Waals surface area contributed by atoms with Crippen molar-refractivity contribution < 1.29 is 4.74 Å². The largest absolute Gasteiger partial charge is 0.497 e. The van der Waals surface area contributed by atoms with Crippen LogP contribution in [0.25, 0.3) is 22.4 Å². The molecule has 0 saturated carbocycles. The molecule has 0 amide bonds. The van der Waals surface area contributed by atoms with Gasteiger partial charge < -0.3 is 10.5 Å². The molecule has 108 valence electrons. The molecular weight excluding hydrogens is 418 g/mol. The highest BCUT2D eigenvalue weighted by molar-refractivity contribution is 9.12. The molecule has 3 aromatic rings. The molecule has 0 radical (unpaired) electrons. The van der Waals surface area contributed by atoms with Crippen molar-refractivity contribution in [3.05, 3.63) is 37.9 Å². The Morgan fingerprint density at radius 1 is 1.29 bits per heavy atom. The predicted octanol–water partition coefficient (Wildman–Crippen LogP) is 4.92. The smallest absolute Gasteiger partial charge is 0.153 e. The topological polar surface area (TPSA) is 63.9 Å². The standard InChI is InChI=1S/C14H11Br2N3OS/c1-20-8-4-2-3-7(5-8)11-12(18-19-14(11)17)9-6-10(15)21-13(9)16/h2-6H,1H3,(H3,17,18,19). The molecule has 7 heteroatoms. The van der Waals surface area contributed by atoms with Crippen molar-refractivity contribution in [2.75, 3.05) is 12.8 Å². The first-order valence-corrected chi connectivity index (χ1v) is 8.44. The Labute approximate surface area is 142 Å². The molecule has 0 aliphatic carbocycles. The van der Waals surface area contributed by atoms with Crippen molar-refractivity contribution in [3.63, 3.8) is 0 Å². The minimum Gasteiger partial charge on any atom is -0.497 e. The number of nitrogens with one attached hydrogen (secondary N) is 1. The zero-order valence-corrected chi connectivity index (χ0v) is 15.0. The van der Waals surface area contributed by atoms with Gasteiger partial charge in [0.1, 0.15) is 5.75 Å². The van der Waals surface area contributed by atoms with Gasteiger partial charge in [0.25, 0.3) is 0 Å². The maximum Gasteiger partial charge on any atom is 0.153 e. The van der Waals surface area contributed by atoms with E-state index in [1.165, 1.54) is 0 Å². The number of nitrogens with two attached hydrogens (primary N) is 1. The SMILES string of the molecule is COc1cccc(-c2c(N)n[nH]c2-c2cc(Br)sc2Br)c1. The van der Waals surface area contributed by atoms with Crippen LogP contribution in [0.1, 0.15) is 0 Å². The molecule has 1 aromatic carbocycles. The van der Waals surface area contributed by atoms with E-state index in [0.29, 0.717) is 5.82 Å². The molecule has 4 nitrogen and oxygen atoms in total. The summed E-state index contributed by atoms with van der Waals surface area (Å²) in [7, 11) is 1.64. The van der Waals surface area contributed by atoms with Crippen LogP contribution in [-0.4, -0.2) is 17.3 Å². The van der Waals surface area contributed by atoms with Crippen LogP contribution >= 0.6 is 43.2 Å². The maximum absolute atomic E-state index is 6.05. The van der Waals surface area contributed by atoms with Gasteiger partial charge >= 0.3 is 0 Å². The lowest BCUT2D eigenvalue weighted by atomic mass is 10.0. The summed E-state index contributed by atoms with van der Waals surface area (Å²) < 4.78 is 7.33. The van der Waals surface area contributed by atoms with Gasteiger partial charge in [-0.1, -0.05) is 12.1 Å². The van der Waals surface area contributed by atoms with E-state index in [0.717, 1.165) is 35.7 Å². The maximum atomic E-state index is 6.05. The molecule has 2 aromatic heterocycles. The Kier molecular flexibility index (Phi) is 4.05. The third-order valence-electron chi connectivity index (χ3n) is 3.08. The first-order valence-electron chi connectivity index (χ1n) is 6.03. The second-order valence-corrected chi connectivity index (χ2v) is 8.08. The first kappa shape index (κ1) is 14.6. The highest BCUT2D eigenvalue weighted by atomic mass is 79.9. The molecule has 2 heterocycles. The van der Waals surface area contributed by atoms with Gasteiger partial charge in [-0.15, -0.1) is 11.3 Å². The number of benzene rings is 1. The average Bonchev–Trinajstić information content (AvgIpc) is 3.01. The summed E-state index contributed by atoms with van der Waals surface area (Å²) in [6.45, 7) is 0. The number of ether oxygens (including phenoxy) is 1. The molecule has 3 N–H and O–H groups in total. The third-order valence-corrected chi connectivity index (χ3v) is 5.42. The molecule has 0 atom stereocenters. The van der Waals surface area contributed by atoms with Gasteiger partial charge in [-0.2, -0.15) is 5.10 Å². The fourth-order valence-electron chi connectivity index (χ4n) is 2.13. The number of aromatic amines is 1. The molecule has 0 aliphatic heterocycles. The minimum absolute atomic E-state index is 0.465. The van der Waals surface area contributed by atoms with E-state index in [-0.39, 0.29) is 0 Å². The molecule has 0 aliphatic rings. The second-order valence-electron chi connectivity index (χ2n) is 4.33. The fourth-order valence-corrected chi connectivity index (χ4v) is 4.95. The Bertz CT molecular complexity index is 797. The molecule has 0 spiro atoms. The number of anilines is 1. The molecule has 0 fully saturated rings.